The highest BCUT2D eigenvalue weighted by molar-refractivity contribution is 6.06. The van der Waals surface area contributed by atoms with Crippen molar-refractivity contribution in [3.05, 3.63) is 41.6 Å². The second-order valence-corrected chi connectivity index (χ2v) is 5.32. The van der Waals surface area contributed by atoms with Crippen molar-refractivity contribution in [2.24, 2.45) is 0 Å². The van der Waals surface area contributed by atoms with Gasteiger partial charge in [-0.1, -0.05) is 24.6 Å². The molecule has 0 bridgehead atoms. The number of pyridine rings is 1. The van der Waals surface area contributed by atoms with Crippen LogP contribution >= 0.6 is 0 Å². The van der Waals surface area contributed by atoms with E-state index in [1.807, 2.05) is 42.3 Å². The Kier molecular flexibility index (Phi) is 3.65. The van der Waals surface area contributed by atoms with Crippen molar-refractivity contribution < 1.29 is 4.79 Å². The van der Waals surface area contributed by atoms with Crippen molar-refractivity contribution in [2.75, 3.05) is 13.1 Å². The zero-order chi connectivity index (χ0) is 13.9. The molecule has 1 fully saturated rings. The molecule has 1 amide bonds. The lowest BCUT2D eigenvalue weighted by molar-refractivity contribution is 0.0751. The van der Waals surface area contributed by atoms with E-state index >= 15 is 0 Å². The van der Waals surface area contributed by atoms with Crippen LogP contribution in [0.2, 0.25) is 0 Å². The number of rotatable bonds is 2. The summed E-state index contributed by atoms with van der Waals surface area (Å²) >= 11 is 0. The largest absolute Gasteiger partial charge is 0.285 e. The number of carbonyl (C=O) groups is 1. The van der Waals surface area contributed by atoms with Gasteiger partial charge in [0, 0.05) is 24.2 Å². The van der Waals surface area contributed by atoms with Gasteiger partial charge in [0.1, 0.15) is 0 Å². The Morgan fingerprint density at radius 3 is 2.75 bits per heavy atom. The highest BCUT2D eigenvalue weighted by Crippen LogP contribution is 2.18. The van der Waals surface area contributed by atoms with Crippen LogP contribution < -0.4 is 5.43 Å². The molecule has 0 radical (unpaired) electrons. The Morgan fingerprint density at radius 1 is 1.20 bits per heavy atom. The fourth-order valence-corrected chi connectivity index (χ4v) is 2.71. The zero-order valence-corrected chi connectivity index (χ0v) is 11.7. The Labute approximate surface area is 118 Å². The fourth-order valence-electron chi connectivity index (χ4n) is 2.71. The minimum Gasteiger partial charge on any atom is -0.285 e. The van der Waals surface area contributed by atoms with E-state index in [1.165, 1.54) is 6.42 Å². The lowest BCUT2D eigenvalue weighted by Crippen LogP contribution is -2.45. The second kappa shape index (κ2) is 5.59. The van der Waals surface area contributed by atoms with Crippen LogP contribution in [0.15, 0.2) is 30.3 Å². The molecule has 1 aliphatic heterocycles. The average Bonchev–Trinajstić information content (AvgIpc) is 2.47. The van der Waals surface area contributed by atoms with E-state index in [0.717, 1.165) is 42.5 Å². The Balaban J connectivity index is 1.90. The molecule has 1 saturated heterocycles. The first kappa shape index (κ1) is 13.1. The summed E-state index contributed by atoms with van der Waals surface area (Å²) in [6, 6.07) is 9.65. The summed E-state index contributed by atoms with van der Waals surface area (Å²) in [5.74, 6) is -0.0337. The number of nitrogens with zero attached hydrogens (tertiary/aromatic N) is 2. The molecular weight excluding hydrogens is 250 g/mol. The zero-order valence-electron chi connectivity index (χ0n) is 11.7. The molecule has 0 aliphatic carbocycles. The molecule has 20 heavy (non-hydrogen) atoms. The number of hydrazine groups is 1. The number of aromatic nitrogens is 1. The maximum Gasteiger partial charge on any atom is 0.266 e. The number of amides is 1. The number of para-hydroxylation sites is 1. The highest BCUT2D eigenvalue weighted by Gasteiger charge is 2.16. The van der Waals surface area contributed by atoms with Crippen LogP contribution in [0.4, 0.5) is 0 Å². The monoisotopic (exact) mass is 269 g/mol. The van der Waals surface area contributed by atoms with Crippen LogP contribution in [0.25, 0.3) is 10.9 Å². The predicted octanol–water partition coefficient (Wildman–Crippen LogP) is 2.67. The van der Waals surface area contributed by atoms with Crippen LogP contribution in [-0.4, -0.2) is 29.0 Å². The van der Waals surface area contributed by atoms with Crippen molar-refractivity contribution in [3.8, 4) is 0 Å². The third kappa shape index (κ3) is 2.65. The first-order valence-corrected chi connectivity index (χ1v) is 7.16. The van der Waals surface area contributed by atoms with Crippen molar-refractivity contribution in [3.63, 3.8) is 0 Å². The number of hydrogen-bond donors (Lipinski definition) is 1. The number of piperidine rings is 1. The number of nitrogens with one attached hydrogen (secondary N) is 1. The highest BCUT2D eigenvalue weighted by atomic mass is 16.2. The van der Waals surface area contributed by atoms with Gasteiger partial charge in [-0.2, -0.15) is 0 Å². The smallest absolute Gasteiger partial charge is 0.266 e. The van der Waals surface area contributed by atoms with Gasteiger partial charge in [0.25, 0.3) is 5.91 Å². The maximum absolute atomic E-state index is 12.5. The van der Waals surface area contributed by atoms with Gasteiger partial charge >= 0.3 is 0 Å². The number of hydrogen-bond acceptors (Lipinski definition) is 3. The first-order valence-electron chi connectivity index (χ1n) is 7.16. The summed E-state index contributed by atoms with van der Waals surface area (Å²) < 4.78 is 0. The number of fused-ring (bicyclic) bond motifs is 1. The summed E-state index contributed by atoms with van der Waals surface area (Å²) in [6.45, 7) is 3.80. The van der Waals surface area contributed by atoms with Gasteiger partial charge in [-0.25, -0.2) is 5.01 Å². The van der Waals surface area contributed by atoms with Crippen molar-refractivity contribution in [2.45, 2.75) is 26.2 Å². The van der Waals surface area contributed by atoms with E-state index in [4.69, 9.17) is 0 Å². The lowest BCUT2D eigenvalue weighted by Gasteiger charge is -2.27. The maximum atomic E-state index is 12.5. The molecular formula is C16H19N3O. The summed E-state index contributed by atoms with van der Waals surface area (Å²) in [4.78, 5) is 17.0. The average molecular weight is 269 g/mol. The Bertz CT molecular complexity index is 633. The van der Waals surface area contributed by atoms with Gasteiger partial charge in [-0.15, -0.1) is 0 Å². The van der Waals surface area contributed by atoms with Crippen molar-refractivity contribution in [1.82, 2.24) is 15.4 Å². The van der Waals surface area contributed by atoms with Crippen molar-refractivity contribution in [1.29, 1.82) is 0 Å². The molecule has 0 saturated carbocycles. The van der Waals surface area contributed by atoms with Crippen molar-refractivity contribution >= 4 is 16.8 Å². The summed E-state index contributed by atoms with van der Waals surface area (Å²) in [5.41, 5.74) is 5.47. The molecule has 2 aromatic rings. The summed E-state index contributed by atoms with van der Waals surface area (Å²) in [6.07, 6.45) is 3.55. The van der Waals surface area contributed by atoms with Crippen LogP contribution in [0, 0.1) is 6.92 Å². The lowest BCUT2D eigenvalue weighted by atomic mass is 10.1. The van der Waals surface area contributed by atoms with Gasteiger partial charge in [0.2, 0.25) is 0 Å². The van der Waals surface area contributed by atoms with Crippen LogP contribution in [0.5, 0.6) is 0 Å². The number of aryl methyl sites for hydroxylation is 1. The Morgan fingerprint density at radius 2 is 1.95 bits per heavy atom. The molecule has 4 heteroatoms. The van der Waals surface area contributed by atoms with Gasteiger partial charge in [0.15, 0.2) is 0 Å². The molecule has 4 nitrogen and oxygen atoms in total. The molecule has 1 aromatic carbocycles. The summed E-state index contributed by atoms with van der Waals surface area (Å²) in [7, 11) is 0. The molecule has 0 spiro atoms. The van der Waals surface area contributed by atoms with E-state index in [-0.39, 0.29) is 5.91 Å². The molecule has 104 valence electrons. The Hall–Kier alpha value is -1.94. The van der Waals surface area contributed by atoms with Gasteiger partial charge < -0.3 is 0 Å². The van der Waals surface area contributed by atoms with E-state index in [0.29, 0.717) is 5.56 Å². The predicted molar refractivity (Wildman–Crippen MR) is 79.4 cm³/mol. The van der Waals surface area contributed by atoms with E-state index < -0.39 is 0 Å². The van der Waals surface area contributed by atoms with E-state index in [1.54, 1.807) is 0 Å². The fraction of sp³-hybridized carbons (Fsp3) is 0.375. The SMILES string of the molecule is Cc1cc(C(=O)NN2CCCCC2)c2ccccc2n1. The number of carbonyl (C=O) groups excluding carboxylic acids is 1. The quantitative estimate of drug-likeness (QED) is 0.911. The molecule has 2 heterocycles. The van der Waals surface area contributed by atoms with Crippen LogP contribution in [-0.2, 0) is 0 Å². The molecule has 1 aliphatic rings. The molecule has 0 unspecified atom stereocenters. The second-order valence-electron chi connectivity index (χ2n) is 5.32. The first-order chi connectivity index (χ1) is 9.74. The molecule has 1 aromatic heterocycles. The summed E-state index contributed by atoms with van der Waals surface area (Å²) in [5, 5.41) is 2.93. The van der Waals surface area contributed by atoms with Gasteiger partial charge in [-0.05, 0) is 31.9 Å². The minimum atomic E-state index is -0.0337. The van der Waals surface area contributed by atoms with Crippen LogP contribution in [0.3, 0.4) is 0 Å². The van der Waals surface area contributed by atoms with Gasteiger partial charge in [-0.3, -0.25) is 15.2 Å². The standard InChI is InChI=1S/C16H19N3O/c1-12-11-14(13-7-3-4-8-15(13)17-12)16(20)18-19-9-5-2-6-10-19/h3-4,7-8,11H,2,5-6,9-10H2,1H3,(H,18,20). The normalized spacial score (nSPS) is 16.2. The minimum absolute atomic E-state index is 0.0337. The van der Waals surface area contributed by atoms with E-state index in [9.17, 15) is 4.79 Å². The van der Waals surface area contributed by atoms with Crippen LogP contribution in [0.1, 0.15) is 35.3 Å². The van der Waals surface area contributed by atoms with E-state index in [2.05, 4.69) is 10.4 Å². The topological polar surface area (TPSA) is 45.2 Å². The third-order valence-corrected chi connectivity index (χ3v) is 3.70. The third-order valence-electron chi connectivity index (χ3n) is 3.70. The molecule has 1 N–H and O–H groups in total. The molecule has 0 atom stereocenters. The van der Waals surface area contributed by atoms with Gasteiger partial charge in [0.05, 0.1) is 11.1 Å². The molecule has 3 rings (SSSR count). The number of benzene rings is 1.